The van der Waals surface area contributed by atoms with E-state index in [1.165, 1.54) is 215 Å². The molecule has 0 aromatic heterocycles. The van der Waals surface area contributed by atoms with Gasteiger partial charge in [0.15, 0.2) is 0 Å². The van der Waals surface area contributed by atoms with Gasteiger partial charge in [-0.25, -0.2) is 0 Å². The van der Waals surface area contributed by atoms with Crippen molar-refractivity contribution in [2.24, 2.45) is 11.8 Å². The molecule has 2 heterocycles. The number of benzene rings is 2. The number of hydrogen-bond acceptors (Lipinski definition) is 4. The van der Waals surface area contributed by atoms with Crippen molar-refractivity contribution in [2.75, 3.05) is 13.1 Å². The summed E-state index contributed by atoms with van der Waals surface area (Å²) in [6.07, 6.45) is 49.7. The molecule has 0 bridgehead atoms. The third-order valence-corrected chi connectivity index (χ3v) is 18.1. The zero-order valence-electron chi connectivity index (χ0n) is 45.3. The Labute approximate surface area is 445 Å². The van der Waals surface area contributed by atoms with Gasteiger partial charge in [-0.15, -0.1) is 0 Å². The van der Waals surface area contributed by atoms with E-state index >= 15 is 0 Å². The highest BCUT2D eigenvalue weighted by Gasteiger charge is 2.43. The molecule has 0 N–H and O–H groups in total. The number of carbonyl (C=O) groups excluding carboxylic acids is 4. The molecule has 2 aromatic rings. The van der Waals surface area contributed by atoms with E-state index in [9.17, 15) is 19.2 Å². The molecule has 0 saturated heterocycles. The van der Waals surface area contributed by atoms with Crippen molar-refractivity contribution in [3.63, 3.8) is 0 Å². The number of amides is 4. The van der Waals surface area contributed by atoms with Crippen molar-refractivity contribution >= 4 is 66.3 Å². The molecule has 0 aliphatic carbocycles. The number of imide groups is 2. The molecule has 4 amide bonds. The molecule has 70 heavy (non-hydrogen) atoms. The fourth-order valence-electron chi connectivity index (χ4n) is 11.5. The molecule has 0 radical (unpaired) electrons. The third-order valence-electron chi connectivity index (χ3n) is 16.0. The molecule has 2 aliphatic heterocycles. The van der Waals surface area contributed by atoms with Gasteiger partial charge in [0.25, 0.3) is 23.6 Å². The van der Waals surface area contributed by atoms with Crippen LogP contribution in [0.2, 0.25) is 0 Å². The van der Waals surface area contributed by atoms with Crippen molar-refractivity contribution in [2.45, 2.75) is 285 Å². The highest BCUT2D eigenvalue weighted by atomic mass is 79.9. The molecule has 6 nitrogen and oxygen atoms in total. The summed E-state index contributed by atoms with van der Waals surface area (Å²) >= 11 is 7.58. The van der Waals surface area contributed by atoms with Crippen LogP contribution in [0.25, 0.3) is 10.8 Å². The van der Waals surface area contributed by atoms with Crippen LogP contribution < -0.4 is 0 Å². The van der Waals surface area contributed by atoms with Crippen LogP contribution in [0.5, 0.6) is 0 Å². The summed E-state index contributed by atoms with van der Waals surface area (Å²) in [4.78, 5) is 61.8. The summed E-state index contributed by atoms with van der Waals surface area (Å²) in [5.74, 6) is -0.817. The molecule has 0 saturated carbocycles. The van der Waals surface area contributed by atoms with E-state index < -0.39 is 0 Å². The highest BCUT2D eigenvalue weighted by molar-refractivity contribution is 9.13. The Morgan fingerprint density at radius 2 is 0.543 bits per heavy atom. The average molecular weight is 1100 g/mol. The molecule has 0 fully saturated rings. The Bertz CT molecular complexity index is 1710. The number of hydrogen-bond donors (Lipinski definition) is 0. The minimum absolute atomic E-state index is 0.231. The van der Waals surface area contributed by atoms with E-state index in [0.29, 0.717) is 55.1 Å². The molecule has 4 rings (SSSR count). The van der Waals surface area contributed by atoms with Crippen molar-refractivity contribution in [1.82, 2.24) is 9.80 Å². The molecule has 396 valence electrons. The monoisotopic (exact) mass is 1090 g/mol. The van der Waals surface area contributed by atoms with Gasteiger partial charge in [-0.05, 0) is 81.5 Å². The average Bonchev–Trinajstić information content (AvgIpc) is 3.35. The standard InChI is InChI=1S/C62H100Br2N2O4/c1-5-9-13-17-21-25-27-31-35-39-43-49(41-37-33-29-23-19-15-11-7-3)47-65-59(67)51-45-46-52-54-53(51)55(61(65)69)57(63)58(64)56(54)62(70)66(60(52)68)48-50(42-38-34-30-24-20-16-12-8-4)44-40-36-32-28-26-22-18-14-10-6-2/h45-46,49-50H,5-44,47-48H2,1-4H3. The van der Waals surface area contributed by atoms with Crippen LogP contribution in [0, 0.1) is 11.8 Å². The Balaban J connectivity index is 1.48. The van der Waals surface area contributed by atoms with Gasteiger partial charge in [-0.3, -0.25) is 29.0 Å². The first-order chi connectivity index (χ1) is 34.2. The first-order valence-corrected chi connectivity index (χ1v) is 31.5. The van der Waals surface area contributed by atoms with E-state index in [2.05, 4.69) is 59.6 Å². The Kier molecular flexibility index (Phi) is 31.1. The normalized spacial score (nSPS) is 14.5. The summed E-state index contributed by atoms with van der Waals surface area (Å²) in [5.41, 5.74) is 1.59. The lowest BCUT2D eigenvalue weighted by Gasteiger charge is -2.35. The molecule has 8 heteroatoms. The minimum Gasteiger partial charge on any atom is -0.274 e. The first kappa shape index (κ1) is 60.5. The second-order valence-electron chi connectivity index (χ2n) is 21.9. The van der Waals surface area contributed by atoms with E-state index in [0.717, 1.165) is 51.4 Å². The second-order valence-corrected chi connectivity index (χ2v) is 23.5. The molecule has 2 aliphatic rings. The largest absolute Gasteiger partial charge is 0.274 e. The van der Waals surface area contributed by atoms with Crippen molar-refractivity contribution < 1.29 is 19.2 Å². The maximum Gasteiger partial charge on any atom is 0.262 e. The summed E-state index contributed by atoms with van der Waals surface area (Å²) in [7, 11) is 0. The van der Waals surface area contributed by atoms with Gasteiger partial charge in [0.2, 0.25) is 0 Å². The van der Waals surface area contributed by atoms with Crippen LogP contribution >= 0.6 is 31.9 Å². The van der Waals surface area contributed by atoms with Gasteiger partial charge in [-0.2, -0.15) is 0 Å². The van der Waals surface area contributed by atoms with E-state index in [1.54, 1.807) is 12.1 Å². The Morgan fingerprint density at radius 3 is 0.771 bits per heavy atom. The van der Waals surface area contributed by atoms with Crippen LogP contribution in [0.3, 0.4) is 0 Å². The van der Waals surface area contributed by atoms with Gasteiger partial charge in [0, 0.05) is 43.9 Å². The summed E-state index contributed by atoms with van der Waals surface area (Å²) in [5, 5.41) is 0.899. The number of halogens is 2. The van der Waals surface area contributed by atoms with Crippen molar-refractivity contribution in [3.8, 4) is 0 Å². The molecule has 2 atom stereocenters. The maximum atomic E-state index is 14.8. The lowest BCUT2D eigenvalue weighted by Crippen LogP contribution is -2.46. The van der Waals surface area contributed by atoms with Crippen LogP contribution in [0.4, 0.5) is 0 Å². The Morgan fingerprint density at radius 1 is 0.329 bits per heavy atom. The van der Waals surface area contributed by atoms with Crippen LogP contribution in [0.15, 0.2) is 21.1 Å². The van der Waals surface area contributed by atoms with E-state index in [4.69, 9.17) is 0 Å². The lowest BCUT2D eigenvalue weighted by atomic mass is 9.84. The number of carbonyl (C=O) groups is 4. The first-order valence-electron chi connectivity index (χ1n) is 29.9. The van der Waals surface area contributed by atoms with E-state index in [-0.39, 0.29) is 35.5 Å². The summed E-state index contributed by atoms with van der Waals surface area (Å²) in [6.45, 7) is 9.85. The third kappa shape index (κ3) is 19.7. The molecule has 2 aromatic carbocycles. The smallest absolute Gasteiger partial charge is 0.262 e. The van der Waals surface area contributed by atoms with Gasteiger partial charge < -0.3 is 0 Å². The second kappa shape index (κ2) is 36.0. The zero-order valence-corrected chi connectivity index (χ0v) is 48.5. The number of rotatable bonds is 44. The zero-order chi connectivity index (χ0) is 50.4. The maximum absolute atomic E-state index is 14.8. The predicted molar refractivity (Wildman–Crippen MR) is 304 cm³/mol. The number of unbranched alkanes of at least 4 members (excludes halogenated alkanes) is 32. The van der Waals surface area contributed by atoms with Gasteiger partial charge in [0.1, 0.15) is 0 Å². The van der Waals surface area contributed by atoms with Gasteiger partial charge in [0.05, 0.1) is 11.1 Å². The van der Waals surface area contributed by atoms with Crippen LogP contribution in [-0.2, 0) is 0 Å². The van der Waals surface area contributed by atoms with Crippen molar-refractivity contribution in [1.29, 1.82) is 0 Å². The summed E-state index contributed by atoms with van der Waals surface area (Å²) < 4.78 is 0.988. The highest BCUT2D eigenvalue weighted by Crippen LogP contribution is 2.46. The predicted octanol–water partition coefficient (Wildman–Crippen LogP) is 20.5. The van der Waals surface area contributed by atoms with Crippen molar-refractivity contribution in [3.05, 3.63) is 43.3 Å². The van der Waals surface area contributed by atoms with Gasteiger partial charge in [-0.1, -0.05) is 259 Å². The fraction of sp³-hybridized carbons (Fsp3) is 0.774. The van der Waals surface area contributed by atoms with Crippen LogP contribution in [0.1, 0.15) is 326 Å². The molecular formula is C62H100Br2N2O4. The van der Waals surface area contributed by atoms with Crippen LogP contribution in [-0.4, -0.2) is 46.5 Å². The molecular weight excluding hydrogens is 996 g/mol. The fourth-order valence-corrected chi connectivity index (χ4v) is 12.7. The van der Waals surface area contributed by atoms with E-state index in [1.807, 2.05) is 0 Å². The quantitative estimate of drug-likeness (QED) is 0.0489. The SMILES string of the molecule is CCCCCCCCCCCCC(CCCCCCCCCC)CN1C(=O)c2ccc3c4c(c(Br)c(Br)c(c24)C1=O)C(=O)N(CC(CCCCCCCCCC)CCCCCCCCCCCC)C3=O. The topological polar surface area (TPSA) is 74.8 Å². The minimum atomic E-state index is -0.331. The number of nitrogens with zero attached hydrogens (tertiary/aromatic N) is 2. The lowest BCUT2D eigenvalue weighted by molar-refractivity contribution is 0.0555. The molecule has 2 unspecified atom stereocenters. The molecule has 0 spiro atoms. The Hall–Kier alpha value is -2.06. The van der Waals surface area contributed by atoms with Gasteiger partial charge >= 0.3 is 0 Å². The summed E-state index contributed by atoms with van der Waals surface area (Å²) in [6, 6.07) is 3.52.